The third-order valence-electron chi connectivity index (χ3n) is 5.02. The van der Waals surface area contributed by atoms with E-state index in [1.807, 2.05) is 0 Å². The lowest BCUT2D eigenvalue weighted by Crippen LogP contribution is -2.11. The van der Waals surface area contributed by atoms with Crippen molar-refractivity contribution in [1.29, 1.82) is 0 Å². The maximum atomic E-state index is 5.09. The van der Waals surface area contributed by atoms with Crippen LogP contribution >= 0.6 is 0 Å². The summed E-state index contributed by atoms with van der Waals surface area (Å²) in [4.78, 5) is 5.09. The fraction of sp³-hybridized carbons (Fsp3) is 0.833. The van der Waals surface area contributed by atoms with Gasteiger partial charge >= 0.3 is 0 Å². The van der Waals surface area contributed by atoms with Gasteiger partial charge in [-0.3, -0.25) is 4.99 Å². The van der Waals surface area contributed by atoms with Gasteiger partial charge in [0, 0.05) is 5.71 Å². The zero-order valence-corrected chi connectivity index (χ0v) is 12.9. The molecular formula is C18H31N. The van der Waals surface area contributed by atoms with Crippen LogP contribution in [0.25, 0.3) is 0 Å². The number of allylic oxidation sites excluding steroid dienone is 2. The minimum Gasteiger partial charge on any atom is -0.286 e. The number of aliphatic imine (C=N–C) groups is 1. The van der Waals surface area contributed by atoms with Crippen LogP contribution in [0.5, 0.6) is 0 Å². The summed E-state index contributed by atoms with van der Waals surface area (Å²) in [5.74, 6) is 1.83. The van der Waals surface area contributed by atoms with Crippen molar-refractivity contribution in [2.24, 2.45) is 16.8 Å². The van der Waals surface area contributed by atoms with Gasteiger partial charge in [0.05, 0.1) is 6.04 Å². The Kier molecular flexibility index (Phi) is 6.13. The van der Waals surface area contributed by atoms with Crippen LogP contribution in [0.4, 0.5) is 0 Å². The Morgan fingerprint density at radius 2 is 1.95 bits per heavy atom. The Hall–Kier alpha value is -0.590. The molecule has 108 valence electrons. The predicted molar refractivity (Wildman–Crippen MR) is 84.9 cm³/mol. The molecule has 1 fully saturated rings. The van der Waals surface area contributed by atoms with E-state index >= 15 is 0 Å². The van der Waals surface area contributed by atoms with E-state index in [1.165, 1.54) is 69.9 Å². The van der Waals surface area contributed by atoms with Gasteiger partial charge in [-0.05, 0) is 50.5 Å². The van der Waals surface area contributed by atoms with Crippen LogP contribution in [0, 0.1) is 11.8 Å². The molecule has 1 saturated carbocycles. The highest BCUT2D eigenvalue weighted by atomic mass is 14.8. The first-order valence-electron chi connectivity index (χ1n) is 8.51. The van der Waals surface area contributed by atoms with Crippen molar-refractivity contribution in [3.8, 4) is 0 Å². The van der Waals surface area contributed by atoms with Crippen LogP contribution in [-0.4, -0.2) is 11.8 Å². The predicted octanol–water partition coefficient (Wildman–Crippen LogP) is 5.55. The van der Waals surface area contributed by atoms with Crippen molar-refractivity contribution in [1.82, 2.24) is 0 Å². The summed E-state index contributed by atoms with van der Waals surface area (Å²) in [6, 6.07) is 0.633. The first kappa shape index (κ1) is 14.8. The molecule has 0 aromatic carbocycles. The van der Waals surface area contributed by atoms with Crippen molar-refractivity contribution in [3.63, 3.8) is 0 Å². The van der Waals surface area contributed by atoms with E-state index in [9.17, 15) is 0 Å². The minimum absolute atomic E-state index is 0.633. The SMILES string of the molecule is C/C=C/C1=NC2CCC(CCCCCC(CC)C1)C2. The normalized spacial score (nSPS) is 33.8. The average molecular weight is 261 g/mol. The molecule has 0 amide bonds. The smallest absolute Gasteiger partial charge is 0.0505 e. The van der Waals surface area contributed by atoms with Crippen LogP contribution in [0.2, 0.25) is 0 Å². The molecule has 0 N–H and O–H groups in total. The van der Waals surface area contributed by atoms with E-state index in [2.05, 4.69) is 26.0 Å². The molecule has 2 aliphatic rings. The second-order valence-electron chi connectivity index (χ2n) is 6.57. The summed E-state index contributed by atoms with van der Waals surface area (Å²) in [6.07, 6.45) is 18.3. The van der Waals surface area contributed by atoms with Gasteiger partial charge in [-0.1, -0.05) is 51.5 Å². The molecule has 3 unspecified atom stereocenters. The minimum atomic E-state index is 0.633. The zero-order valence-electron chi connectivity index (χ0n) is 12.9. The molecular weight excluding hydrogens is 230 g/mol. The van der Waals surface area contributed by atoms with E-state index in [0.29, 0.717) is 6.04 Å². The number of hydrogen-bond acceptors (Lipinski definition) is 1. The summed E-state index contributed by atoms with van der Waals surface area (Å²) in [5, 5.41) is 0. The second kappa shape index (κ2) is 7.87. The van der Waals surface area contributed by atoms with Gasteiger partial charge in [-0.25, -0.2) is 0 Å². The second-order valence-corrected chi connectivity index (χ2v) is 6.57. The molecule has 2 bridgehead atoms. The number of hydrogen-bond donors (Lipinski definition) is 0. The van der Waals surface area contributed by atoms with E-state index in [4.69, 9.17) is 4.99 Å². The average Bonchev–Trinajstić information content (AvgIpc) is 2.83. The summed E-state index contributed by atoms with van der Waals surface area (Å²) in [5.41, 5.74) is 1.38. The molecule has 0 saturated heterocycles. The molecule has 1 heteroatoms. The lowest BCUT2D eigenvalue weighted by molar-refractivity contribution is 0.421. The van der Waals surface area contributed by atoms with Crippen molar-refractivity contribution < 1.29 is 0 Å². The maximum Gasteiger partial charge on any atom is 0.0505 e. The van der Waals surface area contributed by atoms with Crippen LogP contribution < -0.4 is 0 Å². The monoisotopic (exact) mass is 261 g/mol. The molecule has 0 aromatic rings. The van der Waals surface area contributed by atoms with Crippen LogP contribution in [0.15, 0.2) is 17.1 Å². The van der Waals surface area contributed by atoms with Gasteiger partial charge in [0.1, 0.15) is 0 Å². The summed E-state index contributed by atoms with van der Waals surface area (Å²) in [6.45, 7) is 4.46. The third-order valence-corrected chi connectivity index (χ3v) is 5.02. The molecule has 1 heterocycles. The van der Waals surface area contributed by atoms with E-state index in [0.717, 1.165) is 11.8 Å². The highest BCUT2D eigenvalue weighted by Crippen LogP contribution is 2.33. The van der Waals surface area contributed by atoms with Crippen LogP contribution in [0.3, 0.4) is 0 Å². The number of nitrogens with zero attached hydrogens (tertiary/aromatic N) is 1. The van der Waals surface area contributed by atoms with Crippen molar-refractivity contribution in [3.05, 3.63) is 12.2 Å². The van der Waals surface area contributed by atoms with Gasteiger partial charge in [0.2, 0.25) is 0 Å². The molecule has 3 atom stereocenters. The molecule has 2 rings (SSSR count). The van der Waals surface area contributed by atoms with Crippen LogP contribution in [0.1, 0.15) is 78.1 Å². The van der Waals surface area contributed by atoms with E-state index in [-0.39, 0.29) is 0 Å². The Bertz CT molecular complexity index is 316. The third kappa shape index (κ3) is 4.78. The molecule has 1 nitrogen and oxygen atoms in total. The topological polar surface area (TPSA) is 12.4 Å². The first-order valence-corrected chi connectivity index (χ1v) is 8.51. The molecule has 0 radical (unpaired) electrons. The summed E-state index contributed by atoms with van der Waals surface area (Å²) < 4.78 is 0. The van der Waals surface area contributed by atoms with Crippen molar-refractivity contribution >= 4 is 5.71 Å². The number of rotatable bonds is 2. The highest BCUT2D eigenvalue weighted by molar-refractivity contribution is 5.95. The van der Waals surface area contributed by atoms with E-state index < -0.39 is 0 Å². The molecule has 1 aliphatic carbocycles. The van der Waals surface area contributed by atoms with Crippen molar-refractivity contribution in [2.45, 2.75) is 84.1 Å². The van der Waals surface area contributed by atoms with Gasteiger partial charge in [0.25, 0.3) is 0 Å². The molecule has 0 spiro atoms. The Morgan fingerprint density at radius 3 is 2.74 bits per heavy atom. The highest BCUT2D eigenvalue weighted by Gasteiger charge is 2.24. The first-order chi connectivity index (χ1) is 9.31. The lowest BCUT2D eigenvalue weighted by atomic mass is 9.91. The fourth-order valence-electron chi connectivity index (χ4n) is 3.81. The quantitative estimate of drug-likeness (QED) is 0.617. The summed E-state index contributed by atoms with van der Waals surface area (Å²) >= 11 is 0. The van der Waals surface area contributed by atoms with Gasteiger partial charge < -0.3 is 0 Å². The molecule has 1 aliphatic heterocycles. The van der Waals surface area contributed by atoms with Crippen LogP contribution in [-0.2, 0) is 0 Å². The Morgan fingerprint density at radius 1 is 1.11 bits per heavy atom. The Labute approximate surface area is 119 Å². The lowest BCUT2D eigenvalue weighted by Gasteiger charge is -2.17. The summed E-state index contributed by atoms with van der Waals surface area (Å²) in [7, 11) is 0. The standard InChI is InChI=1S/C18H31N/c1-3-8-17-13-15(4-2)9-6-5-7-10-16-11-12-18(14-16)19-17/h3,8,15-16,18H,4-7,9-14H2,1-2H3/b8-3+,19-17?. The molecule has 19 heavy (non-hydrogen) atoms. The maximum absolute atomic E-state index is 5.09. The molecule has 0 aromatic heterocycles. The van der Waals surface area contributed by atoms with Gasteiger partial charge in [0.15, 0.2) is 0 Å². The largest absolute Gasteiger partial charge is 0.286 e. The Balaban J connectivity index is 2.08. The van der Waals surface area contributed by atoms with E-state index in [1.54, 1.807) is 0 Å². The van der Waals surface area contributed by atoms with Gasteiger partial charge in [-0.15, -0.1) is 0 Å². The number of fused-ring (bicyclic) bond motifs is 2. The van der Waals surface area contributed by atoms with Crippen molar-refractivity contribution in [2.75, 3.05) is 0 Å². The van der Waals surface area contributed by atoms with Gasteiger partial charge in [-0.2, -0.15) is 0 Å². The zero-order chi connectivity index (χ0) is 13.5. The fourth-order valence-corrected chi connectivity index (χ4v) is 3.81.